The van der Waals surface area contributed by atoms with E-state index in [1.807, 2.05) is 30.7 Å². The summed E-state index contributed by atoms with van der Waals surface area (Å²) in [5.74, 6) is 0. The zero-order chi connectivity index (χ0) is 11.3. The van der Waals surface area contributed by atoms with Gasteiger partial charge in [-0.2, -0.15) is 0 Å². The zero-order valence-corrected chi connectivity index (χ0v) is 10.8. The van der Waals surface area contributed by atoms with E-state index in [9.17, 15) is 0 Å². The van der Waals surface area contributed by atoms with Gasteiger partial charge in [0.15, 0.2) is 0 Å². The van der Waals surface area contributed by atoms with E-state index in [1.54, 1.807) is 6.33 Å². The molecular weight excluding hydrogens is 252 g/mol. The Bertz CT molecular complexity index is 421. The lowest BCUT2D eigenvalue weighted by Crippen LogP contribution is -1.89. The van der Waals surface area contributed by atoms with Crippen molar-refractivity contribution in [2.45, 2.75) is 20.8 Å². The van der Waals surface area contributed by atoms with E-state index in [0.717, 1.165) is 10.3 Å². The second kappa shape index (κ2) is 5.71. The molecule has 0 aliphatic rings. The highest BCUT2D eigenvalue weighted by atomic mass is 79.9. The Labute approximate surface area is 99.1 Å². The Morgan fingerprint density at radius 3 is 2.53 bits per heavy atom. The van der Waals surface area contributed by atoms with E-state index in [1.165, 1.54) is 5.56 Å². The Morgan fingerprint density at radius 1 is 1.27 bits per heavy atom. The molecule has 1 aromatic carbocycles. The second-order valence-corrected chi connectivity index (χ2v) is 3.76. The molecule has 0 saturated heterocycles. The summed E-state index contributed by atoms with van der Waals surface area (Å²) >= 11 is 3.32. The molecule has 0 aliphatic heterocycles. The number of imidazole rings is 1. The standard InChI is InChI=1S/C10H9BrN2.C2H6/c1-8-3-2-4-9(5-8)13-6-10(11)12-7-13;1-2/h2-7H,1H3;1-2H3. The predicted molar refractivity (Wildman–Crippen MR) is 67.3 cm³/mol. The first-order chi connectivity index (χ1) is 7.25. The van der Waals surface area contributed by atoms with Crippen molar-refractivity contribution in [1.29, 1.82) is 0 Å². The van der Waals surface area contributed by atoms with Crippen molar-refractivity contribution in [2.24, 2.45) is 0 Å². The van der Waals surface area contributed by atoms with Crippen LogP contribution in [0.5, 0.6) is 0 Å². The number of halogens is 1. The first kappa shape index (κ1) is 12.0. The summed E-state index contributed by atoms with van der Waals surface area (Å²) in [6.07, 6.45) is 3.73. The van der Waals surface area contributed by atoms with Crippen molar-refractivity contribution in [3.05, 3.63) is 47.0 Å². The van der Waals surface area contributed by atoms with Crippen molar-refractivity contribution in [2.75, 3.05) is 0 Å². The molecule has 0 fully saturated rings. The fourth-order valence-electron chi connectivity index (χ4n) is 1.23. The van der Waals surface area contributed by atoms with Gasteiger partial charge in [0.25, 0.3) is 0 Å². The van der Waals surface area contributed by atoms with Gasteiger partial charge in [-0.15, -0.1) is 0 Å². The first-order valence-electron chi connectivity index (χ1n) is 5.02. The molecule has 2 rings (SSSR count). The lowest BCUT2D eigenvalue weighted by Gasteiger charge is -2.01. The number of hydrogen-bond acceptors (Lipinski definition) is 1. The first-order valence-corrected chi connectivity index (χ1v) is 5.81. The molecule has 0 spiro atoms. The van der Waals surface area contributed by atoms with E-state index in [2.05, 4.69) is 46.0 Å². The molecule has 0 atom stereocenters. The Morgan fingerprint density at radius 2 is 2.00 bits per heavy atom. The Balaban J connectivity index is 0.000000531. The fourth-order valence-corrected chi connectivity index (χ4v) is 1.54. The predicted octanol–water partition coefficient (Wildman–Crippen LogP) is 3.97. The van der Waals surface area contributed by atoms with Gasteiger partial charge in [-0.1, -0.05) is 26.0 Å². The van der Waals surface area contributed by atoms with E-state index >= 15 is 0 Å². The van der Waals surface area contributed by atoms with Crippen LogP contribution >= 0.6 is 15.9 Å². The summed E-state index contributed by atoms with van der Waals surface area (Å²) in [5, 5.41) is 0. The molecule has 15 heavy (non-hydrogen) atoms. The van der Waals surface area contributed by atoms with Gasteiger partial charge in [0.2, 0.25) is 0 Å². The number of aryl methyl sites for hydroxylation is 1. The highest BCUT2D eigenvalue weighted by molar-refractivity contribution is 9.10. The third-order valence-corrected chi connectivity index (χ3v) is 2.26. The minimum Gasteiger partial charge on any atom is -0.305 e. The van der Waals surface area contributed by atoms with Crippen molar-refractivity contribution < 1.29 is 0 Å². The highest BCUT2D eigenvalue weighted by Crippen LogP contribution is 2.12. The number of hydrogen-bond donors (Lipinski definition) is 0. The van der Waals surface area contributed by atoms with Crippen molar-refractivity contribution in [3.8, 4) is 5.69 Å². The molecule has 0 N–H and O–H groups in total. The van der Waals surface area contributed by atoms with Crippen LogP contribution in [0.1, 0.15) is 19.4 Å². The van der Waals surface area contributed by atoms with Gasteiger partial charge in [0, 0.05) is 11.9 Å². The maximum Gasteiger partial charge on any atom is 0.124 e. The Hall–Kier alpha value is -1.09. The third-order valence-electron chi connectivity index (χ3n) is 1.85. The molecule has 0 unspecified atom stereocenters. The molecule has 3 heteroatoms. The molecule has 0 radical (unpaired) electrons. The monoisotopic (exact) mass is 266 g/mol. The number of benzene rings is 1. The van der Waals surface area contributed by atoms with Crippen molar-refractivity contribution in [1.82, 2.24) is 9.55 Å². The number of aromatic nitrogens is 2. The summed E-state index contributed by atoms with van der Waals surface area (Å²) in [6, 6.07) is 8.29. The van der Waals surface area contributed by atoms with Crippen LogP contribution in [0, 0.1) is 6.92 Å². The molecule has 0 aliphatic carbocycles. The summed E-state index contributed by atoms with van der Waals surface area (Å²) < 4.78 is 2.84. The van der Waals surface area contributed by atoms with Crippen LogP contribution in [0.3, 0.4) is 0 Å². The maximum absolute atomic E-state index is 4.10. The zero-order valence-electron chi connectivity index (χ0n) is 9.24. The summed E-state index contributed by atoms with van der Waals surface area (Å²) in [4.78, 5) is 4.10. The van der Waals surface area contributed by atoms with Gasteiger partial charge in [-0.05, 0) is 40.5 Å². The lowest BCUT2D eigenvalue weighted by atomic mass is 10.2. The van der Waals surface area contributed by atoms with E-state index < -0.39 is 0 Å². The normalized spacial score (nSPS) is 9.33. The summed E-state index contributed by atoms with van der Waals surface area (Å²) in [6.45, 7) is 6.08. The third kappa shape index (κ3) is 3.20. The molecular formula is C12H15BrN2. The minimum absolute atomic E-state index is 0.856. The van der Waals surface area contributed by atoms with E-state index in [4.69, 9.17) is 0 Å². The van der Waals surface area contributed by atoms with Gasteiger partial charge >= 0.3 is 0 Å². The molecule has 0 saturated carbocycles. The molecule has 2 nitrogen and oxygen atoms in total. The Kier molecular flexibility index (Phi) is 4.56. The summed E-state index contributed by atoms with van der Waals surface area (Å²) in [7, 11) is 0. The highest BCUT2D eigenvalue weighted by Gasteiger charge is 1.97. The average Bonchev–Trinajstić information content (AvgIpc) is 2.68. The van der Waals surface area contributed by atoms with Crippen LogP contribution in [-0.4, -0.2) is 9.55 Å². The van der Waals surface area contributed by atoms with E-state index in [0.29, 0.717) is 0 Å². The van der Waals surface area contributed by atoms with Gasteiger partial charge in [-0.3, -0.25) is 0 Å². The second-order valence-electron chi connectivity index (χ2n) is 2.94. The van der Waals surface area contributed by atoms with Crippen LogP contribution < -0.4 is 0 Å². The molecule has 1 heterocycles. The number of rotatable bonds is 1. The lowest BCUT2D eigenvalue weighted by molar-refractivity contribution is 1.05. The van der Waals surface area contributed by atoms with Crippen molar-refractivity contribution in [3.63, 3.8) is 0 Å². The largest absolute Gasteiger partial charge is 0.305 e. The quantitative estimate of drug-likeness (QED) is 0.764. The molecule has 80 valence electrons. The minimum atomic E-state index is 0.856. The number of nitrogens with zero attached hydrogens (tertiary/aromatic N) is 2. The molecule has 0 amide bonds. The van der Waals surface area contributed by atoms with Gasteiger partial charge in [0.05, 0.1) is 0 Å². The van der Waals surface area contributed by atoms with Crippen LogP contribution in [0.2, 0.25) is 0 Å². The molecule has 1 aromatic heterocycles. The fraction of sp³-hybridized carbons (Fsp3) is 0.250. The molecule has 2 aromatic rings. The molecule has 0 bridgehead atoms. The van der Waals surface area contributed by atoms with Crippen LogP contribution in [-0.2, 0) is 0 Å². The van der Waals surface area contributed by atoms with Gasteiger partial charge in [0.1, 0.15) is 10.9 Å². The van der Waals surface area contributed by atoms with Crippen molar-refractivity contribution >= 4 is 15.9 Å². The maximum atomic E-state index is 4.10. The topological polar surface area (TPSA) is 17.8 Å². The van der Waals surface area contributed by atoms with Crippen LogP contribution in [0.25, 0.3) is 5.69 Å². The SMILES string of the molecule is CC.Cc1cccc(-n2cnc(Br)c2)c1. The van der Waals surface area contributed by atoms with Gasteiger partial charge in [-0.25, -0.2) is 4.98 Å². The van der Waals surface area contributed by atoms with Crippen LogP contribution in [0.15, 0.2) is 41.4 Å². The van der Waals surface area contributed by atoms with Crippen LogP contribution in [0.4, 0.5) is 0 Å². The average molecular weight is 267 g/mol. The summed E-state index contributed by atoms with van der Waals surface area (Å²) in [5.41, 5.74) is 2.39. The van der Waals surface area contributed by atoms with E-state index in [-0.39, 0.29) is 0 Å². The van der Waals surface area contributed by atoms with Gasteiger partial charge < -0.3 is 4.57 Å². The smallest absolute Gasteiger partial charge is 0.124 e.